The van der Waals surface area contributed by atoms with Gasteiger partial charge in [-0.1, -0.05) is 83.9 Å². The molecule has 0 spiro atoms. The van der Waals surface area contributed by atoms with Gasteiger partial charge in [-0.15, -0.1) is 0 Å². The van der Waals surface area contributed by atoms with Gasteiger partial charge in [0.25, 0.3) is 0 Å². The van der Waals surface area contributed by atoms with Crippen molar-refractivity contribution in [2.45, 2.75) is 6.54 Å². The smallest absolute Gasteiger partial charge is 0.410 e. The van der Waals surface area contributed by atoms with Crippen molar-refractivity contribution < 1.29 is 9.53 Å². The number of carbonyl (C=O) groups excluding carboxylic acids is 1. The maximum absolute atomic E-state index is 12.3. The first kappa shape index (κ1) is 22.0. The Hall–Kier alpha value is -3.80. The SMILES string of the molecule is O=C(NCc1ccc(-c2ccccc2)cc1)Oc1ccc2nc(-c3c(Cl)cccc3Cl)[nH]c2c1. The molecular weight excluding hydrogens is 469 g/mol. The van der Waals surface area contributed by atoms with Crippen LogP contribution in [0, 0.1) is 0 Å². The van der Waals surface area contributed by atoms with Gasteiger partial charge in [0, 0.05) is 12.6 Å². The van der Waals surface area contributed by atoms with Crippen LogP contribution in [0.2, 0.25) is 10.0 Å². The summed E-state index contributed by atoms with van der Waals surface area (Å²) in [5.41, 5.74) is 5.28. The Kier molecular flexibility index (Phi) is 6.21. The van der Waals surface area contributed by atoms with E-state index in [1.54, 1.807) is 36.4 Å². The molecule has 1 aromatic heterocycles. The zero-order valence-electron chi connectivity index (χ0n) is 17.9. The minimum atomic E-state index is -0.541. The van der Waals surface area contributed by atoms with E-state index in [9.17, 15) is 4.79 Å². The molecule has 2 N–H and O–H groups in total. The van der Waals surface area contributed by atoms with Gasteiger partial charge in [0.15, 0.2) is 0 Å². The molecule has 0 radical (unpaired) electrons. The van der Waals surface area contributed by atoms with E-state index in [0.29, 0.717) is 44.8 Å². The average Bonchev–Trinajstić information content (AvgIpc) is 3.26. The van der Waals surface area contributed by atoms with Crippen molar-refractivity contribution >= 4 is 40.3 Å². The highest BCUT2D eigenvalue weighted by Crippen LogP contribution is 2.34. The fraction of sp³-hybridized carbons (Fsp3) is 0.0370. The molecule has 0 aliphatic heterocycles. The number of nitrogens with one attached hydrogen (secondary N) is 2. The number of rotatable bonds is 5. The van der Waals surface area contributed by atoms with E-state index < -0.39 is 6.09 Å². The van der Waals surface area contributed by atoms with E-state index in [1.165, 1.54) is 0 Å². The second kappa shape index (κ2) is 9.59. The third kappa shape index (κ3) is 4.76. The van der Waals surface area contributed by atoms with Gasteiger partial charge >= 0.3 is 6.09 Å². The quantitative estimate of drug-likeness (QED) is 0.269. The normalized spacial score (nSPS) is 10.9. The summed E-state index contributed by atoms with van der Waals surface area (Å²) in [5.74, 6) is 0.941. The van der Waals surface area contributed by atoms with Gasteiger partial charge in [-0.05, 0) is 41.0 Å². The summed E-state index contributed by atoms with van der Waals surface area (Å²) in [5, 5.41) is 3.78. The van der Waals surface area contributed by atoms with Crippen molar-refractivity contribution in [3.63, 3.8) is 0 Å². The first-order chi connectivity index (χ1) is 16.6. The van der Waals surface area contributed by atoms with Crippen LogP contribution in [0.25, 0.3) is 33.5 Å². The van der Waals surface area contributed by atoms with Gasteiger partial charge < -0.3 is 15.0 Å². The van der Waals surface area contributed by atoms with E-state index >= 15 is 0 Å². The van der Waals surface area contributed by atoms with Gasteiger partial charge in [0.2, 0.25) is 0 Å². The molecule has 1 heterocycles. The lowest BCUT2D eigenvalue weighted by molar-refractivity contribution is 0.200. The number of imidazole rings is 1. The van der Waals surface area contributed by atoms with Gasteiger partial charge in [0.05, 0.1) is 26.6 Å². The van der Waals surface area contributed by atoms with E-state index in [2.05, 4.69) is 27.4 Å². The number of H-pyrrole nitrogens is 1. The summed E-state index contributed by atoms with van der Waals surface area (Å²) in [7, 11) is 0. The number of amides is 1. The number of fused-ring (bicyclic) bond motifs is 1. The van der Waals surface area contributed by atoms with Gasteiger partial charge in [-0.3, -0.25) is 0 Å². The molecule has 34 heavy (non-hydrogen) atoms. The third-order valence-corrected chi connectivity index (χ3v) is 5.99. The second-order valence-corrected chi connectivity index (χ2v) is 8.48. The number of ether oxygens (including phenoxy) is 1. The summed E-state index contributed by atoms with van der Waals surface area (Å²) >= 11 is 12.6. The maximum Gasteiger partial charge on any atom is 0.412 e. The van der Waals surface area contributed by atoms with Gasteiger partial charge in [-0.2, -0.15) is 0 Å². The van der Waals surface area contributed by atoms with Gasteiger partial charge in [-0.25, -0.2) is 9.78 Å². The number of aromatic nitrogens is 2. The highest BCUT2D eigenvalue weighted by molar-refractivity contribution is 6.39. The molecule has 5 aromatic rings. The summed E-state index contributed by atoms with van der Waals surface area (Å²) in [6, 6.07) is 28.6. The van der Waals surface area contributed by atoms with Crippen molar-refractivity contribution in [1.29, 1.82) is 0 Å². The number of benzene rings is 4. The Morgan fingerprint density at radius 1 is 0.853 bits per heavy atom. The van der Waals surface area contributed by atoms with Crippen LogP contribution < -0.4 is 10.1 Å². The molecule has 1 amide bonds. The molecule has 5 nitrogen and oxygen atoms in total. The van der Waals surface area contributed by atoms with Crippen molar-refractivity contribution in [1.82, 2.24) is 15.3 Å². The lowest BCUT2D eigenvalue weighted by Gasteiger charge is -2.08. The fourth-order valence-electron chi connectivity index (χ4n) is 3.66. The van der Waals surface area contributed by atoms with Crippen molar-refractivity contribution in [3.8, 4) is 28.3 Å². The molecular formula is C27H19Cl2N3O2. The van der Waals surface area contributed by atoms with Crippen LogP contribution >= 0.6 is 23.2 Å². The zero-order chi connectivity index (χ0) is 23.5. The van der Waals surface area contributed by atoms with Crippen LogP contribution in [0.15, 0.2) is 91.0 Å². The van der Waals surface area contributed by atoms with Gasteiger partial charge in [0.1, 0.15) is 11.6 Å². The number of carbonyl (C=O) groups is 1. The molecule has 5 rings (SSSR count). The second-order valence-electron chi connectivity index (χ2n) is 7.67. The Morgan fingerprint density at radius 2 is 1.56 bits per heavy atom. The molecule has 0 saturated heterocycles. The van der Waals surface area contributed by atoms with Crippen LogP contribution in [0.4, 0.5) is 4.79 Å². The molecule has 0 saturated carbocycles. The molecule has 0 unspecified atom stereocenters. The third-order valence-electron chi connectivity index (χ3n) is 5.36. The predicted molar refractivity (Wildman–Crippen MR) is 136 cm³/mol. The number of hydrogen-bond donors (Lipinski definition) is 2. The monoisotopic (exact) mass is 487 g/mol. The van der Waals surface area contributed by atoms with Crippen LogP contribution in [-0.2, 0) is 6.54 Å². The number of hydrogen-bond acceptors (Lipinski definition) is 3. The van der Waals surface area contributed by atoms with Crippen molar-refractivity contribution in [3.05, 3.63) is 107 Å². The first-order valence-electron chi connectivity index (χ1n) is 10.6. The largest absolute Gasteiger partial charge is 0.412 e. The molecule has 0 atom stereocenters. The van der Waals surface area contributed by atoms with Crippen LogP contribution in [0.5, 0.6) is 5.75 Å². The first-order valence-corrected chi connectivity index (χ1v) is 11.4. The molecule has 0 aliphatic rings. The fourth-order valence-corrected chi connectivity index (χ4v) is 4.23. The number of halogens is 2. The Morgan fingerprint density at radius 3 is 2.29 bits per heavy atom. The van der Waals surface area contributed by atoms with E-state index in [4.69, 9.17) is 27.9 Å². The Bertz CT molecular complexity index is 1440. The van der Waals surface area contributed by atoms with Crippen molar-refractivity contribution in [2.24, 2.45) is 0 Å². The average molecular weight is 488 g/mol. The molecule has 168 valence electrons. The summed E-state index contributed by atoms with van der Waals surface area (Å²) in [6.45, 7) is 0.357. The summed E-state index contributed by atoms with van der Waals surface area (Å²) < 4.78 is 5.45. The lowest BCUT2D eigenvalue weighted by atomic mass is 10.0. The minimum absolute atomic E-state index is 0.357. The molecule has 0 bridgehead atoms. The maximum atomic E-state index is 12.3. The van der Waals surface area contributed by atoms with E-state index in [1.807, 2.05) is 42.5 Å². The highest BCUT2D eigenvalue weighted by Gasteiger charge is 2.14. The predicted octanol–water partition coefficient (Wildman–Crippen LogP) is 7.49. The zero-order valence-corrected chi connectivity index (χ0v) is 19.4. The van der Waals surface area contributed by atoms with Crippen LogP contribution in [0.3, 0.4) is 0 Å². The standard InChI is InChI=1S/C27H19Cl2N3O2/c28-21-7-4-8-22(29)25(21)26-31-23-14-13-20(15-24(23)32-26)34-27(33)30-16-17-9-11-19(12-10-17)18-5-2-1-3-6-18/h1-15H,16H2,(H,30,33)(H,31,32). The van der Waals surface area contributed by atoms with Crippen molar-refractivity contribution in [2.75, 3.05) is 0 Å². The number of aromatic amines is 1. The van der Waals surface area contributed by atoms with Crippen LogP contribution in [-0.4, -0.2) is 16.1 Å². The summed E-state index contributed by atoms with van der Waals surface area (Å²) in [6.07, 6.45) is -0.541. The van der Waals surface area contributed by atoms with Crippen LogP contribution in [0.1, 0.15) is 5.56 Å². The highest BCUT2D eigenvalue weighted by atomic mass is 35.5. The minimum Gasteiger partial charge on any atom is -0.410 e. The summed E-state index contributed by atoms with van der Waals surface area (Å²) in [4.78, 5) is 20.1. The number of nitrogens with zero attached hydrogens (tertiary/aromatic N) is 1. The van der Waals surface area contributed by atoms with E-state index in [-0.39, 0.29) is 0 Å². The molecule has 7 heteroatoms. The Labute approximate surface area is 206 Å². The Balaban J connectivity index is 1.24. The molecule has 4 aromatic carbocycles. The topological polar surface area (TPSA) is 67.0 Å². The van der Waals surface area contributed by atoms with E-state index in [0.717, 1.165) is 16.7 Å². The molecule has 0 fully saturated rings. The molecule has 0 aliphatic carbocycles. The lowest BCUT2D eigenvalue weighted by Crippen LogP contribution is -2.26.